The van der Waals surface area contributed by atoms with Gasteiger partial charge in [0.1, 0.15) is 0 Å². The van der Waals surface area contributed by atoms with Gasteiger partial charge >= 0.3 is 5.97 Å². The van der Waals surface area contributed by atoms with Gasteiger partial charge < -0.3 is 10.1 Å². The number of ether oxygens (including phenoxy) is 1. The van der Waals surface area contributed by atoms with Gasteiger partial charge in [0.2, 0.25) is 15.9 Å². The second-order valence-corrected chi connectivity index (χ2v) is 8.61. The molecule has 0 heterocycles. The summed E-state index contributed by atoms with van der Waals surface area (Å²) in [5, 5.41) is 2.84. The number of nitrogens with zero attached hydrogens (tertiary/aromatic N) is 1. The van der Waals surface area contributed by atoms with Crippen LogP contribution in [0.1, 0.15) is 49.4 Å². The number of sulfonamides is 1. The summed E-state index contributed by atoms with van der Waals surface area (Å²) in [5.74, 6) is -0.591. The monoisotopic (exact) mass is 396 g/mol. The lowest BCUT2D eigenvalue weighted by atomic mass is 9.89. The second-order valence-electron chi connectivity index (χ2n) is 6.70. The molecule has 1 amide bonds. The number of anilines is 1. The van der Waals surface area contributed by atoms with Gasteiger partial charge in [-0.15, -0.1) is 0 Å². The van der Waals surface area contributed by atoms with Crippen molar-refractivity contribution >= 4 is 27.6 Å². The normalized spacial score (nSPS) is 15.2. The van der Waals surface area contributed by atoms with Crippen molar-refractivity contribution in [3.63, 3.8) is 0 Å². The second kappa shape index (κ2) is 9.73. The van der Waals surface area contributed by atoms with Crippen molar-refractivity contribution in [1.82, 2.24) is 5.32 Å². The molecule has 0 saturated heterocycles. The van der Waals surface area contributed by atoms with Crippen molar-refractivity contribution in [1.29, 1.82) is 0 Å². The van der Waals surface area contributed by atoms with Gasteiger partial charge in [0.15, 0.2) is 0 Å². The topological polar surface area (TPSA) is 92.8 Å². The minimum Gasteiger partial charge on any atom is -0.462 e. The van der Waals surface area contributed by atoms with Crippen molar-refractivity contribution in [2.24, 2.45) is 5.92 Å². The van der Waals surface area contributed by atoms with Crippen LogP contribution in [-0.4, -0.2) is 46.2 Å². The Morgan fingerprint density at radius 1 is 1.19 bits per heavy atom. The third-order valence-electron chi connectivity index (χ3n) is 4.66. The summed E-state index contributed by atoms with van der Waals surface area (Å²) in [7, 11) is -3.64. The maximum absolute atomic E-state index is 12.3. The number of esters is 1. The molecule has 1 aliphatic carbocycles. The first-order valence-corrected chi connectivity index (χ1v) is 11.2. The molecule has 0 unspecified atom stereocenters. The van der Waals surface area contributed by atoms with E-state index in [1.807, 2.05) is 0 Å². The third kappa shape index (κ3) is 5.95. The van der Waals surface area contributed by atoms with Gasteiger partial charge in [-0.05, 0) is 31.9 Å². The number of benzene rings is 1. The zero-order valence-corrected chi connectivity index (χ0v) is 16.8. The lowest BCUT2D eigenvalue weighted by molar-refractivity contribution is -0.125. The Morgan fingerprint density at radius 3 is 2.48 bits per heavy atom. The lowest BCUT2D eigenvalue weighted by Crippen LogP contribution is -2.41. The Balaban J connectivity index is 2.10. The Hall–Kier alpha value is -2.09. The summed E-state index contributed by atoms with van der Waals surface area (Å²) in [5.41, 5.74) is 0.439. The molecule has 1 saturated carbocycles. The molecule has 8 heteroatoms. The molecular formula is C19H28N2O5S. The number of carbonyl (C=O) groups excluding carboxylic acids is 2. The molecule has 0 atom stereocenters. The van der Waals surface area contributed by atoms with E-state index in [0.29, 0.717) is 0 Å². The van der Waals surface area contributed by atoms with Crippen LogP contribution in [0.15, 0.2) is 24.3 Å². The molecule has 2 rings (SSSR count). The highest BCUT2D eigenvalue weighted by Crippen LogP contribution is 2.25. The maximum Gasteiger partial charge on any atom is 0.340 e. The average molecular weight is 397 g/mol. The number of amides is 1. The molecule has 0 radical (unpaired) electrons. The van der Waals surface area contributed by atoms with Crippen LogP contribution in [0.4, 0.5) is 5.69 Å². The van der Waals surface area contributed by atoms with Crippen molar-refractivity contribution in [2.45, 2.75) is 39.0 Å². The molecule has 1 aromatic carbocycles. The molecule has 1 aromatic rings. The fraction of sp³-hybridized carbons (Fsp3) is 0.579. The van der Waals surface area contributed by atoms with Crippen LogP contribution in [0.3, 0.4) is 0 Å². The van der Waals surface area contributed by atoms with E-state index < -0.39 is 16.0 Å². The SMILES string of the molecule is CCOC(=O)c1ccccc1N(CCNC(=O)C1CCCCC1)S(C)(=O)=O. The van der Waals surface area contributed by atoms with Crippen molar-refractivity contribution in [2.75, 3.05) is 30.3 Å². The zero-order valence-electron chi connectivity index (χ0n) is 15.9. The standard InChI is InChI=1S/C19H28N2O5S/c1-3-26-19(23)16-11-7-8-12-17(16)21(27(2,24)25)14-13-20-18(22)15-9-5-4-6-10-15/h7-8,11-12,15H,3-6,9-10,13-14H2,1-2H3,(H,20,22). The molecule has 7 nitrogen and oxygen atoms in total. The Bertz CT molecular complexity index is 757. The van der Waals surface area contributed by atoms with Crippen LogP contribution < -0.4 is 9.62 Å². The lowest BCUT2D eigenvalue weighted by Gasteiger charge is -2.25. The number of nitrogens with one attached hydrogen (secondary N) is 1. The number of para-hydroxylation sites is 1. The molecule has 1 fully saturated rings. The van der Waals surface area contributed by atoms with Crippen LogP contribution in [0, 0.1) is 5.92 Å². The highest BCUT2D eigenvalue weighted by Gasteiger charge is 2.25. The molecule has 0 aromatic heterocycles. The van der Waals surface area contributed by atoms with E-state index in [1.54, 1.807) is 25.1 Å². The average Bonchev–Trinajstić information content (AvgIpc) is 2.65. The molecule has 0 aliphatic heterocycles. The van der Waals surface area contributed by atoms with E-state index in [-0.39, 0.29) is 42.8 Å². The largest absolute Gasteiger partial charge is 0.462 e. The van der Waals surface area contributed by atoms with Crippen LogP contribution in [0.25, 0.3) is 0 Å². The fourth-order valence-electron chi connectivity index (χ4n) is 3.33. The fourth-order valence-corrected chi connectivity index (χ4v) is 4.27. The van der Waals surface area contributed by atoms with Crippen LogP contribution >= 0.6 is 0 Å². The van der Waals surface area contributed by atoms with Crippen molar-refractivity contribution in [3.8, 4) is 0 Å². The predicted molar refractivity (Wildman–Crippen MR) is 104 cm³/mol. The first-order chi connectivity index (χ1) is 12.8. The quantitative estimate of drug-likeness (QED) is 0.681. The minimum absolute atomic E-state index is 0.0113. The smallest absolute Gasteiger partial charge is 0.340 e. The van der Waals surface area contributed by atoms with Gasteiger partial charge in [0, 0.05) is 12.5 Å². The number of hydrogen-bond donors (Lipinski definition) is 1. The van der Waals surface area contributed by atoms with Crippen molar-refractivity contribution in [3.05, 3.63) is 29.8 Å². The molecule has 150 valence electrons. The van der Waals surface area contributed by atoms with Gasteiger partial charge in [0.05, 0.1) is 30.7 Å². The number of hydrogen-bond acceptors (Lipinski definition) is 5. The minimum atomic E-state index is -3.64. The first kappa shape index (κ1) is 21.2. The van der Waals surface area contributed by atoms with Gasteiger partial charge in [-0.25, -0.2) is 13.2 Å². The zero-order chi connectivity index (χ0) is 19.9. The molecule has 0 spiro atoms. The summed E-state index contributed by atoms with van der Waals surface area (Å²) in [6, 6.07) is 6.42. The van der Waals surface area contributed by atoms with Gasteiger partial charge in [0.25, 0.3) is 0 Å². The van der Waals surface area contributed by atoms with E-state index in [1.165, 1.54) is 6.07 Å². The summed E-state index contributed by atoms with van der Waals surface area (Å²) in [6.45, 7) is 2.12. The summed E-state index contributed by atoms with van der Waals surface area (Å²) < 4.78 is 30.8. The van der Waals surface area contributed by atoms with E-state index in [9.17, 15) is 18.0 Å². The van der Waals surface area contributed by atoms with Crippen molar-refractivity contribution < 1.29 is 22.7 Å². The predicted octanol–water partition coefficient (Wildman–Crippen LogP) is 2.33. The molecule has 27 heavy (non-hydrogen) atoms. The van der Waals surface area contributed by atoms with E-state index in [0.717, 1.165) is 42.7 Å². The Labute approximate surface area is 161 Å². The molecule has 1 N–H and O–H groups in total. The first-order valence-electron chi connectivity index (χ1n) is 9.36. The molecule has 1 aliphatic rings. The summed E-state index contributed by atoms with van der Waals surface area (Å²) in [4.78, 5) is 24.4. The Kier molecular flexibility index (Phi) is 7.65. The molecular weight excluding hydrogens is 368 g/mol. The van der Waals surface area contributed by atoms with E-state index in [2.05, 4.69) is 5.32 Å². The summed E-state index contributed by atoms with van der Waals surface area (Å²) >= 11 is 0. The summed E-state index contributed by atoms with van der Waals surface area (Å²) in [6.07, 6.45) is 6.12. The molecule has 0 bridgehead atoms. The van der Waals surface area contributed by atoms with Gasteiger partial charge in [-0.3, -0.25) is 9.10 Å². The third-order valence-corrected chi connectivity index (χ3v) is 5.84. The van der Waals surface area contributed by atoms with Gasteiger partial charge in [-0.1, -0.05) is 31.4 Å². The van der Waals surface area contributed by atoms with E-state index in [4.69, 9.17) is 4.74 Å². The Morgan fingerprint density at radius 2 is 1.85 bits per heavy atom. The highest BCUT2D eigenvalue weighted by molar-refractivity contribution is 7.92. The highest BCUT2D eigenvalue weighted by atomic mass is 32.2. The van der Waals surface area contributed by atoms with Gasteiger partial charge in [-0.2, -0.15) is 0 Å². The van der Waals surface area contributed by atoms with Crippen LogP contribution in [-0.2, 0) is 19.6 Å². The number of rotatable bonds is 8. The maximum atomic E-state index is 12.3. The number of carbonyl (C=O) groups is 2. The van der Waals surface area contributed by atoms with Crippen LogP contribution in [0.2, 0.25) is 0 Å². The van der Waals surface area contributed by atoms with E-state index >= 15 is 0 Å². The van der Waals surface area contributed by atoms with Crippen LogP contribution in [0.5, 0.6) is 0 Å².